The number of aliphatic hydroxyl groups excluding tert-OH is 1. The zero-order valence-corrected chi connectivity index (χ0v) is 13.4. The molecule has 1 aliphatic rings. The standard InChI is InChI=1S/C17H16Cl2O2/c1-17(2)9-21-15-6-3-10(7-13(15)17)16(20)12-8-11(18)4-5-14(12)19/h3-8,16,20H,9H2,1-2H3. The second-order valence-electron chi connectivity index (χ2n) is 6.00. The van der Waals surface area contributed by atoms with Crippen molar-refractivity contribution in [3.8, 4) is 5.75 Å². The molecule has 0 spiro atoms. The van der Waals surface area contributed by atoms with Gasteiger partial charge >= 0.3 is 0 Å². The molecular formula is C17H16Cl2O2. The van der Waals surface area contributed by atoms with Crippen molar-refractivity contribution >= 4 is 23.2 Å². The molecule has 1 aliphatic heterocycles. The molecule has 21 heavy (non-hydrogen) atoms. The van der Waals surface area contributed by atoms with Crippen molar-refractivity contribution < 1.29 is 9.84 Å². The molecule has 0 amide bonds. The summed E-state index contributed by atoms with van der Waals surface area (Å²) in [7, 11) is 0. The second kappa shape index (κ2) is 5.20. The molecule has 1 atom stereocenters. The molecule has 1 heterocycles. The summed E-state index contributed by atoms with van der Waals surface area (Å²) < 4.78 is 5.67. The minimum absolute atomic E-state index is 0.0524. The van der Waals surface area contributed by atoms with Gasteiger partial charge in [-0.15, -0.1) is 0 Å². The molecule has 2 nitrogen and oxygen atoms in total. The van der Waals surface area contributed by atoms with Crippen LogP contribution >= 0.6 is 23.2 Å². The normalized spacial score (nSPS) is 17.2. The molecule has 0 radical (unpaired) electrons. The van der Waals surface area contributed by atoms with Crippen molar-refractivity contribution in [2.45, 2.75) is 25.4 Å². The maximum atomic E-state index is 10.6. The van der Waals surface area contributed by atoms with E-state index >= 15 is 0 Å². The van der Waals surface area contributed by atoms with E-state index in [1.165, 1.54) is 0 Å². The molecule has 2 aromatic rings. The number of aliphatic hydroxyl groups is 1. The van der Waals surface area contributed by atoms with Gasteiger partial charge in [0, 0.05) is 26.6 Å². The average molecular weight is 323 g/mol. The van der Waals surface area contributed by atoms with Gasteiger partial charge in [0.1, 0.15) is 11.9 Å². The highest BCUT2D eigenvalue weighted by Crippen LogP contribution is 2.41. The lowest BCUT2D eigenvalue weighted by molar-refractivity contribution is 0.220. The fourth-order valence-electron chi connectivity index (χ4n) is 2.61. The largest absolute Gasteiger partial charge is 0.492 e. The first kappa shape index (κ1) is 14.7. The lowest BCUT2D eigenvalue weighted by Crippen LogP contribution is -2.18. The number of ether oxygens (including phenoxy) is 1. The van der Waals surface area contributed by atoms with Crippen LogP contribution in [-0.4, -0.2) is 11.7 Å². The summed E-state index contributed by atoms with van der Waals surface area (Å²) in [6, 6.07) is 10.9. The molecule has 0 bridgehead atoms. The third-order valence-electron chi connectivity index (χ3n) is 3.89. The Kier molecular flexibility index (Phi) is 3.64. The van der Waals surface area contributed by atoms with Gasteiger partial charge < -0.3 is 9.84 Å². The van der Waals surface area contributed by atoms with Crippen LogP contribution in [0, 0.1) is 0 Å². The Balaban J connectivity index is 2.03. The molecule has 3 rings (SSSR count). The third-order valence-corrected chi connectivity index (χ3v) is 4.47. The van der Waals surface area contributed by atoms with Crippen molar-refractivity contribution in [3.63, 3.8) is 0 Å². The van der Waals surface area contributed by atoms with Gasteiger partial charge in [0.05, 0.1) is 6.61 Å². The Bertz CT molecular complexity index is 695. The van der Waals surface area contributed by atoms with Crippen molar-refractivity contribution in [1.29, 1.82) is 0 Å². The van der Waals surface area contributed by atoms with Crippen molar-refractivity contribution in [2.75, 3.05) is 6.61 Å². The highest BCUT2D eigenvalue weighted by Gasteiger charge is 2.32. The zero-order valence-electron chi connectivity index (χ0n) is 11.9. The van der Waals surface area contributed by atoms with Crippen LogP contribution < -0.4 is 4.74 Å². The van der Waals surface area contributed by atoms with Crippen LogP contribution in [0.15, 0.2) is 36.4 Å². The van der Waals surface area contributed by atoms with Crippen LogP contribution in [0.25, 0.3) is 0 Å². The maximum Gasteiger partial charge on any atom is 0.123 e. The first-order chi connectivity index (χ1) is 9.88. The summed E-state index contributed by atoms with van der Waals surface area (Å²) >= 11 is 12.2. The Morgan fingerprint density at radius 3 is 2.67 bits per heavy atom. The number of fused-ring (bicyclic) bond motifs is 1. The van der Waals surface area contributed by atoms with E-state index in [2.05, 4.69) is 13.8 Å². The summed E-state index contributed by atoms with van der Waals surface area (Å²) in [4.78, 5) is 0. The van der Waals surface area contributed by atoms with E-state index in [-0.39, 0.29) is 5.41 Å². The number of hydrogen-bond acceptors (Lipinski definition) is 2. The third kappa shape index (κ3) is 2.64. The number of hydrogen-bond donors (Lipinski definition) is 1. The first-order valence-electron chi connectivity index (χ1n) is 6.79. The maximum absolute atomic E-state index is 10.6. The lowest BCUT2D eigenvalue weighted by Gasteiger charge is -2.18. The minimum Gasteiger partial charge on any atom is -0.492 e. The van der Waals surface area contributed by atoms with Gasteiger partial charge in [-0.05, 0) is 35.9 Å². The van der Waals surface area contributed by atoms with Crippen molar-refractivity contribution in [1.82, 2.24) is 0 Å². The molecule has 0 saturated carbocycles. The van der Waals surface area contributed by atoms with Crippen LogP contribution in [0.4, 0.5) is 0 Å². The monoisotopic (exact) mass is 322 g/mol. The lowest BCUT2D eigenvalue weighted by atomic mass is 9.85. The molecule has 110 valence electrons. The number of benzene rings is 2. The van der Waals surface area contributed by atoms with Crippen LogP contribution in [-0.2, 0) is 5.41 Å². The van der Waals surface area contributed by atoms with Gasteiger partial charge in [-0.1, -0.05) is 43.1 Å². The highest BCUT2D eigenvalue weighted by atomic mass is 35.5. The van der Waals surface area contributed by atoms with Crippen molar-refractivity contribution in [3.05, 3.63) is 63.1 Å². The fraction of sp³-hybridized carbons (Fsp3) is 0.294. The molecule has 2 aromatic carbocycles. The average Bonchev–Trinajstić information content (AvgIpc) is 2.76. The van der Waals surface area contributed by atoms with E-state index < -0.39 is 6.10 Å². The van der Waals surface area contributed by atoms with Gasteiger partial charge in [0.25, 0.3) is 0 Å². The van der Waals surface area contributed by atoms with E-state index in [1.807, 2.05) is 18.2 Å². The Morgan fingerprint density at radius 1 is 1.14 bits per heavy atom. The first-order valence-corrected chi connectivity index (χ1v) is 7.54. The van der Waals surface area contributed by atoms with Gasteiger partial charge in [-0.25, -0.2) is 0 Å². The zero-order chi connectivity index (χ0) is 15.2. The predicted octanol–water partition coefficient (Wildman–Crippen LogP) is 4.75. The van der Waals surface area contributed by atoms with Crippen LogP contribution in [0.3, 0.4) is 0 Å². The molecule has 4 heteroatoms. The smallest absolute Gasteiger partial charge is 0.123 e. The summed E-state index contributed by atoms with van der Waals surface area (Å²) in [5.74, 6) is 0.883. The Labute approximate surface area is 134 Å². The van der Waals surface area contributed by atoms with Gasteiger partial charge in [0.15, 0.2) is 0 Å². The summed E-state index contributed by atoms with van der Waals surface area (Å²) in [6.07, 6.45) is -0.808. The molecule has 0 saturated heterocycles. The van der Waals surface area contributed by atoms with Crippen LogP contribution in [0.5, 0.6) is 5.75 Å². The second-order valence-corrected chi connectivity index (χ2v) is 6.84. The number of halogens is 2. The topological polar surface area (TPSA) is 29.5 Å². The summed E-state index contributed by atoms with van der Waals surface area (Å²) in [5, 5.41) is 11.7. The molecule has 0 fully saturated rings. The molecular weight excluding hydrogens is 307 g/mol. The minimum atomic E-state index is -0.808. The van der Waals surface area contributed by atoms with Gasteiger partial charge in [-0.3, -0.25) is 0 Å². The van der Waals surface area contributed by atoms with E-state index in [4.69, 9.17) is 27.9 Å². The molecule has 0 aromatic heterocycles. The van der Waals surface area contributed by atoms with Crippen molar-refractivity contribution in [2.24, 2.45) is 0 Å². The van der Waals surface area contributed by atoms with Crippen LogP contribution in [0.2, 0.25) is 10.0 Å². The Morgan fingerprint density at radius 2 is 1.90 bits per heavy atom. The van der Waals surface area contributed by atoms with E-state index in [0.29, 0.717) is 22.2 Å². The Hall–Kier alpha value is -1.22. The summed E-state index contributed by atoms with van der Waals surface area (Å²) in [5.41, 5.74) is 2.46. The van der Waals surface area contributed by atoms with Crippen LogP contribution in [0.1, 0.15) is 36.6 Å². The van der Waals surface area contributed by atoms with E-state index in [9.17, 15) is 5.11 Å². The quantitative estimate of drug-likeness (QED) is 0.864. The molecule has 1 unspecified atom stereocenters. The highest BCUT2D eigenvalue weighted by molar-refractivity contribution is 6.33. The van der Waals surface area contributed by atoms with E-state index in [1.54, 1.807) is 18.2 Å². The number of rotatable bonds is 2. The summed E-state index contributed by atoms with van der Waals surface area (Å²) in [6.45, 7) is 4.91. The van der Waals surface area contributed by atoms with Gasteiger partial charge in [-0.2, -0.15) is 0 Å². The predicted molar refractivity (Wildman–Crippen MR) is 85.5 cm³/mol. The van der Waals surface area contributed by atoms with Gasteiger partial charge in [0.2, 0.25) is 0 Å². The molecule has 1 N–H and O–H groups in total. The SMILES string of the molecule is CC1(C)COc2ccc(C(O)c3cc(Cl)ccc3Cl)cc21. The van der Waals surface area contributed by atoms with E-state index in [0.717, 1.165) is 16.9 Å². The fourth-order valence-corrected chi connectivity index (χ4v) is 3.01. The molecule has 0 aliphatic carbocycles.